The highest BCUT2D eigenvalue weighted by molar-refractivity contribution is 9.10. The first kappa shape index (κ1) is 16.5. The summed E-state index contributed by atoms with van der Waals surface area (Å²) in [7, 11) is 0. The summed E-state index contributed by atoms with van der Waals surface area (Å²) in [5, 5.41) is 4.00. The minimum absolute atomic E-state index is 0.144. The summed E-state index contributed by atoms with van der Waals surface area (Å²) in [5.74, 6) is -0.891. The Bertz CT molecular complexity index is 802. The summed E-state index contributed by atoms with van der Waals surface area (Å²) in [6, 6.07) is 2.38. The van der Waals surface area contributed by atoms with Gasteiger partial charge in [0.25, 0.3) is 0 Å². The second-order valence-electron chi connectivity index (χ2n) is 4.41. The molecular weight excluding hydrogens is 354 g/mol. The molecule has 0 amide bonds. The van der Waals surface area contributed by atoms with Crippen LogP contribution in [0.2, 0.25) is 0 Å². The zero-order chi connectivity index (χ0) is 16.3. The van der Waals surface area contributed by atoms with Crippen LogP contribution >= 0.6 is 15.9 Å². The van der Waals surface area contributed by atoms with Gasteiger partial charge in [0.15, 0.2) is 5.65 Å². The van der Waals surface area contributed by atoms with Gasteiger partial charge in [-0.05, 0) is 46.1 Å². The molecule has 0 saturated heterocycles. The van der Waals surface area contributed by atoms with Crippen LogP contribution in [0.25, 0.3) is 5.65 Å². The first-order valence-corrected chi connectivity index (χ1v) is 7.63. The molecule has 1 aromatic carbocycles. The maximum absolute atomic E-state index is 13.9. The Labute approximate surface area is 135 Å². The summed E-state index contributed by atoms with van der Waals surface area (Å²) >= 11 is 3.26. The molecule has 7 heteroatoms. The molecule has 2 aromatic heterocycles. The van der Waals surface area contributed by atoms with Crippen molar-refractivity contribution >= 4 is 21.6 Å². The predicted molar refractivity (Wildman–Crippen MR) is 83.7 cm³/mol. The molecule has 0 N–H and O–H groups in total. The molecule has 0 fully saturated rings. The molecule has 0 spiro atoms. The third-order valence-corrected chi connectivity index (χ3v) is 3.37. The molecule has 0 aliphatic carbocycles. The molecule has 2 heterocycles. The van der Waals surface area contributed by atoms with Crippen LogP contribution in [-0.2, 0) is 6.42 Å². The second kappa shape index (κ2) is 6.91. The molecule has 4 nitrogen and oxygen atoms in total. The Morgan fingerprint density at radius 3 is 2.64 bits per heavy atom. The SMILES string of the molecule is CC.Cc1cc(F)c(Cc2nc(Br)cn3ncnc23)cc1F. The molecule has 0 aliphatic heterocycles. The maximum Gasteiger partial charge on any atom is 0.177 e. The van der Waals surface area contributed by atoms with Crippen molar-refractivity contribution in [1.82, 2.24) is 19.6 Å². The summed E-state index contributed by atoms with van der Waals surface area (Å²) in [5.41, 5.74) is 1.57. The zero-order valence-electron chi connectivity index (χ0n) is 12.4. The molecule has 0 radical (unpaired) electrons. The van der Waals surface area contributed by atoms with Crippen LogP contribution in [0.5, 0.6) is 0 Å². The predicted octanol–water partition coefficient (Wildman–Crippen LogP) is 4.09. The largest absolute Gasteiger partial charge is 0.240 e. The minimum atomic E-state index is -0.455. The third kappa shape index (κ3) is 3.30. The van der Waals surface area contributed by atoms with Crippen molar-refractivity contribution < 1.29 is 8.78 Å². The monoisotopic (exact) mass is 368 g/mol. The van der Waals surface area contributed by atoms with E-state index in [0.717, 1.165) is 0 Å². The second-order valence-corrected chi connectivity index (χ2v) is 5.22. The van der Waals surface area contributed by atoms with Crippen LogP contribution in [0.1, 0.15) is 30.7 Å². The molecule has 0 unspecified atom stereocenters. The van der Waals surface area contributed by atoms with E-state index in [-0.39, 0.29) is 17.5 Å². The molecule has 22 heavy (non-hydrogen) atoms. The highest BCUT2D eigenvalue weighted by atomic mass is 79.9. The number of fused-ring (bicyclic) bond motifs is 1. The fourth-order valence-electron chi connectivity index (χ4n) is 1.98. The van der Waals surface area contributed by atoms with Crippen molar-refractivity contribution in [1.29, 1.82) is 0 Å². The van der Waals surface area contributed by atoms with E-state index in [4.69, 9.17) is 0 Å². The van der Waals surface area contributed by atoms with E-state index in [9.17, 15) is 8.78 Å². The van der Waals surface area contributed by atoms with Crippen LogP contribution < -0.4 is 0 Å². The van der Waals surface area contributed by atoms with E-state index in [1.165, 1.54) is 29.9 Å². The number of benzene rings is 1. The van der Waals surface area contributed by atoms with Gasteiger partial charge >= 0.3 is 0 Å². The quantitative estimate of drug-likeness (QED) is 0.684. The summed E-state index contributed by atoms with van der Waals surface area (Å²) in [6.07, 6.45) is 3.18. The van der Waals surface area contributed by atoms with Crippen LogP contribution in [0.15, 0.2) is 29.3 Å². The Morgan fingerprint density at radius 2 is 1.91 bits per heavy atom. The molecule has 0 bridgehead atoms. The lowest BCUT2D eigenvalue weighted by Crippen LogP contribution is -2.02. The van der Waals surface area contributed by atoms with Crippen molar-refractivity contribution in [2.24, 2.45) is 0 Å². The normalized spacial score (nSPS) is 10.5. The number of hydrogen-bond acceptors (Lipinski definition) is 3. The van der Waals surface area contributed by atoms with Gasteiger partial charge in [0.2, 0.25) is 0 Å². The average molecular weight is 369 g/mol. The lowest BCUT2D eigenvalue weighted by molar-refractivity contribution is 0.581. The van der Waals surface area contributed by atoms with E-state index in [1.54, 1.807) is 6.20 Å². The van der Waals surface area contributed by atoms with Crippen molar-refractivity contribution in [2.75, 3.05) is 0 Å². The first-order chi connectivity index (χ1) is 10.5. The highest BCUT2D eigenvalue weighted by Gasteiger charge is 2.13. The van der Waals surface area contributed by atoms with Crippen molar-refractivity contribution in [3.05, 3.63) is 57.7 Å². The fraction of sp³-hybridized carbons (Fsp3) is 0.267. The van der Waals surface area contributed by atoms with Crippen LogP contribution in [0.4, 0.5) is 8.78 Å². The van der Waals surface area contributed by atoms with Crippen LogP contribution in [0, 0.1) is 18.6 Å². The molecule has 116 valence electrons. The first-order valence-electron chi connectivity index (χ1n) is 6.84. The Balaban J connectivity index is 0.000000847. The van der Waals surface area contributed by atoms with Crippen molar-refractivity contribution in [3.63, 3.8) is 0 Å². The Hall–Kier alpha value is -1.89. The van der Waals surface area contributed by atoms with Gasteiger partial charge in [-0.2, -0.15) is 5.10 Å². The third-order valence-electron chi connectivity index (χ3n) is 2.99. The van der Waals surface area contributed by atoms with E-state index in [2.05, 4.69) is 31.0 Å². The van der Waals surface area contributed by atoms with Crippen molar-refractivity contribution in [2.45, 2.75) is 27.2 Å². The van der Waals surface area contributed by atoms with Gasteiger partial charge in [0.05, 0.1) is 11.9 Å². The molecule has 0 atom stereocenters. The van der Waals surface area contributed by atoms with Crippen molar-refractivity contribution in [3.8, 4) is 0 Å². The van der Waals surface area contributed by atoms with Gasteiger partial charge < -0.3 is 0 Å². The smallest absolute Gasteiger partial charge is 0.177 e. The van der Waals surface area contributed by atoms with E-state index < -0.39 is 11.6 Å². The van der Waals surface area contributed by atoms with E-state index in [1.807, 2.05) is 13.8 Å². The lowest BCUT2D eigenvalue weighted by atomic mass is 10.1. The minimum Gasteiger partial charge on any atom is -0.240 e. The number of halogens is 3. The van der Waals surface area contributed by atoms with E-state index >= 15 is 0 Å². The fourth-order valence-corrected chi connectivity index (χ4v) is 2.39. The Kier molecular flexibility index (Phi) is 5.18. The van der Waals surface area contributed by atoms with Gasteiger partial charge in [-0.3, -0.25) is 0 Å². The molecular formula is C15H15BrF2N4. The summed E-state index contributed by atoms with van der Waals surface area (Å²) in [4.78, 5) is 8.34. The van der Waals surface area contributed by atoms with Gasteiger partial charge in [0, 0.05) is 6.42 Å². The number of aryl methyl sites for hydroxylation is 1. The zero-order valence-corrected chi connectivity index (χ0v) is 14.0. The molecule has 3 rings (SSSR count). The van der Waals surface area contributed by atoms with Crippen LogP contribution in [0.3, 0.4) is 0 Å². The number of hydrogen-bond donors (Lipinski definition) is 0. The number of nitrogens with zero attached hydrogens (tertiary/aromatic N) is 4. The lowest BCUT2D eigenvalue weighted by Gasteiger charge is -2.06. The topological polar surface area (TPSA) is 43.1 Å². The van der Waals surface area contributed by atoms with E-state index in [0.29, 0.717) is 15.9 Å². The number of aromatic nitrogens is 4. The van der Waals surface area contributed by atoms with Gasteiger partial charge in [-0.25, -0.2) is 23.3 Å². The summed E-state index contributed by atoms with van der Waals surface area (Å²) < 4.78 is 29.6. The van der Waals surface area contributed by atoms with Gasteiger partial charge in [0.1, 0.15) is 22.6 Å². The summed E-state index contributed by atoms with van der Waals surface area (Å²) in [6.45, 7) is 5.52. The van der Waals surface area contributed by atoms with Gasteiger partial charge in [-0.15, -0.1) is 0 Å². The van der Waals surface area contributed by atoms with Gasteiger partial charge in [-0.1, -0.05) is 13.8 Å². The standard InChI is InChI=1S/C13H9BrF2N4.C2H6/c1-7-2-10(16)8(3-9(7)15)4-11-13-17-6-18-20(13)5-12(14)19-11;1-2/h2-3,5-6H,4H2,1H3;1-2H3. The molecule has 0 aliphatic rings. The number of rotatable bonds is 2. The molecule has 0 saturated carbocycles. The Morgan fingerprint density at radius 1 is 1.18 bits per heavy atom. The molecule has 3 aromatic rings. The average Bonchev–Trinajstić information content (AvgIpc) is 2.95. The highest BCUT2D eigenvalue weighted by Crippen LogP contribution is 2.20. The van der Waals surface area contributed by atoms with Crippen LogP contribution in [-0.4, -0.2) is 19.6 Å². The maximum atomic E-state index is 13.9.